The van der Waals surface area contributed by atoms with Crippen LogP contribution in [0.5, 0.6) is 0 Å². The summed E-state index contributed by atoms with van der Waals surface area (Å²) in [5, 5.41) is 8.45. The maximum absolute atomic E-state index is 11.4. The van der Waals surface area contributed by atoms with Crippen molar-refractivity contribution < 1.29 is 90.6 Å². The monoisotopic (exact) mass is 774 g/mol. The summed E-state index contributed by atoms with van der Waals surface area (Å²) in [6, 6.07) is 0. The van der Waals surface area contributed by atoms with Crippen molar-refractivity contribution in [3.8, 4) is 0 Å². The van der Waals surface area contributed by atoms with Crippen LogP contribution < -0.4 is 0 Å². The SMILES string of the molecule is CCOC(=O)CCOCCOCCOCCOCCOCCOCCOCCOCCOCCOCCOCCOCCOC(=O)CCC(=O)C(=O)O. The molecule has 0 spiro atoms. The first-order chi connectivity index (χ1) is 26.0. The molecule has 0 aromatic carbocycles. The van der Waals surface area contributed by atoms with Crippen LogP contribution in [0, 0.1) is 0 Å². The number of hydrogen-bond acceptors (Lipinski definition) is 18. The first kappa shape index (κ1) is 50.6. The van der Waals surface area contributed by atoms with Crippen LogP contribution >= 0.6 is 0 Å². The Morgan fingerprint density at radius 1 is 0.321 bits per heavy atom. The van der Waals surface area contributed by atoms with Crippen molar-refractivity contribution in [3.05, 3.63) is 0 Å². The summed E-state index contributed by atoms with van der Waals surface area (Å²) in [6.07, 6.45) is -0.425. The highest BCUT2D eigenvalue weighted by molar-refractivity contribution is 6.32. The zero-order chi connectivity index (χ0) is 38.7. The lowest BCUT2D eigenvalue weighted by molar-refractivity contribution is -0.151. The molecule has 0 rings (SSSR count). The molecule has 0 aliphatic carbocycles. The third-order valence-electron chi connectivity index (χ3n) is 6.13. The second-order valence-corrected chi connectivity index (χ2v) is 10.4. The first-order valence-electron chi connectivity index (χ1n) is 18.0. The van der Waals surface area contributed by atoms with Crippen molar-refractivity contribution in [2.45, 2.75) is 26.2 Å². The van der Waals surface area contributed by atoms with Gasteiger partial charge in [0.15, 0.2) is 0 Å². The molecule has 0 aromatic heterocycles. The molecule has 0 aromatic rings. The maximum atomic E-state index is 11.4. The third kappa shape index (κ3) is 42.2. The quantitative estimate of drug-likeness (QED) is 0.0494. The Balaban J connectivity index is 3.13. The van der Waals surface area contributed by atoms with Crippen molar-refractivity contribution in [1.29, 1.82) is 0 Å². The number of carbonyl (C=O) groups is 4. The van der Waals surface area contributed by atoms with Gasteiger partial charge in [-0.2, -0.15) is 0 Å². The van der Waals surface area contributed by atoms with E-state index in [-0.39, 0.29) is 32.0 Å². The van der Waals surface area contributed by atoms with Gasteiger partial charge in [-0.25, -0.2) is 4.79 Å². The minimum Gasteiger partial charge on any atom is -0.476 e. The molecule has 312 valence electrons. The predicted octanol–water partition coefficient (Wildman–Crippen LogP) is 0.116. The van der Waals surface area contributed by atoms with Crippen molar-refractivity contribution in [2.75, 3.05) is 172 Å². The van der Waals surface area contributed by atoms with E-state index >= 15 is 0 Å². The largest absolute Gasteiger partial charge is 0.476 e. The molecule has 0 heterocycles. The predicted molar refractivity (Wildman–Crippen MR) is 184 cm³/mol. The summed E-state index contributed by atoms with van der Waals surface area (Å²) in [7, 11) is 0. The zero-order valence-corrected chi connectivity index (χ0v) is 31.3. The number of ketones is 1. The lowest BCUT2D eigenvalue weighted by atomic mass is 10.2. The normalized spacial score (nSPS) is 11.2. The van der Waals surface area contributed by atoms with E-state index < -0.39 is 24.1 Å². The molecule has 0 aliphatic rings. The van der Waals surface area contributed by atoms with Crippen molar-refractivity contribution in [1.82, 2.24) is 0 Å². The van der Waals surface area contributed by atoms with Gasteiger partial charge in [-0.15, -0.1) is 0 Å². The molecule has 0 bridgehead atoms. The Labute approximate surface area is 312 Å². The second-order valence-electron chi connectivity index (χ2n) is 10.4. The van der Waals surface area contributed by atoms with Gasteiger partial charge < -0.3 is 71.4 Å². The highest BCUT2D eigenvalue weighted by atomic mass is 16.6. The molecule has 0 saturated heterocycles. The fraction of sp³-hybridized carbons (Fsp3) is 0.882. The summed E-state index contributed by atoms with van der Waals surface area (Å²) in [5.74, 6) is -3.51. The number of Topliss-reactive ketones (excluding diaryl/α,β-unsaturated/α-hetero) is 1. The van der Waals surface area contributed by atoms with Gasteiger partial charge in [0, 0.05) is 6.42 Å². The van der Waals surface area contributed by atoms with Gasteiger partial charge in [-0.05, 0) is 6.92 Å². The summed E-state index contributed by atoms with van der Waals surface area (Å²) in [5.41, 5.74) is 0. The minimum absolute atomic E-state index is 0.00835. The summed E-state index contributed by atoms with van der Waals surface area (Å²) < 4.78 is 74.5. The van der Waals surface area contributed by atoms with Gasteiger partial charge in [0.2, 0.25) is 5.78 Å². The van der Waals surface area contributed by atoms with Crippen molar-refractivity contribution >= 4 is 23.7 Å². The van der Waals surface area contributed by atoms with E-state index in [9.17, 15) is 19.2 Å². The molecule has 19 nitrogen and oxygen atoms in total. The number of carbonyl (C=O) groups excluding carboxylic acids is 3. The Morgan fingerprint density at radius 2 is 0.566 bits per heavy atom. The van der Waals surface area contributed by atoms with Crippen LogP contribution in [-0.4, -0.2) is 201 Å². The number of esters is 2. The molecule has 0 radical (unpaired) electrons. The topological polar surface area (TPSA) is 218 Å². The number of hydrogen-bond donors (Lipinski definition) is 1. The molecule has 0 unspecified atom stereocenters. The number of aliphatic carboxylic acids is 1. The van der Waals surface area contributed by atoms with Gasteiger partial charge in [-0.3, -0.25) is 14.4 Å². The standard InChI is InChI=1S/C34H62O19/c1-2-52-33(37)5-6-40-7-8-41-9-10-42-11-12-43-13-14-44-15-16-45-17-18-46-19-20-47-21-22-48-23-24-49-25-26-50-27-28-51-29-30-53-32(36)4-3-31(35)34(38)39/h2-30H2,1H3,(H,38,39). The van der Waals surface area contributed by atoms with E-state index in [4.69, 9.17) is 71.4 Å². The van der Waals surface area contributed by atoms with Gasteiger partial charge >= 0.3 is 17.9 Å². The second kappa shape index (κ2) is 42.3. The van der Waals surface area contributed by atoms with Crippen LogP contribution in [0.3, 0.4) is 0 Å². The van der Waals surface area contributed by atoms with Crippen molar-refractivity contribution in [3.63, 3.8) is 0 Å². The average molecular weight is 775 g/mol. The summed E-state index contributed by atoms with van der Waals surface area (Å²) >= 11 is 0. The van der Waals surface area contributed by atoms with Gasteiger partial charge in [-0.1, -0.05) is 0 Å². The van der Waals surface area contributed by atoms with E-state index in [0.29, 0.717) is 159 Å². The molecule has 53 heavy (non-hydrogen) atoms. The number of carboxylic acid groups (broad SMARTS) is 1. The molecular formula is C34H62O19. The average Bonchev–Trinajstić information content (AvgIpc) is 3.14. The lowest BCUT2D eigenvalue weighted by Crippen LogP contribution is -2.17. The van der Waals surface area contributed by atoms with Crippen LogP contribution in [0.15, 0.2) is 0 Å². The molecule has 0 fully saturated rings. The molecule has 0 atom stereocenters. The van der Waals surface area contributed by atoms with E-state index in [1.807, 2.05) is 0 Å². The minimum atomic E-state index is -1.57. The molecule has 0 saturated carbocycles. The molecule has 0 aliphatic heterocycles. The fourth-order valence-corrected chi connectivity index (χ4v) is 3.52. The maximum Gasteiger partial charge on any atom is 0.372 e. The Kier molecular flexibility index (Phi) is 40.4. The fourth-order valence-electron chi connectivity index (χ4n) is 3.52. The van der Waals surface area contributed by atoms with E-state index in [2.05, 4.69) is 0 Å². The van der Waals surface area contributed by atoms with Crippen LogP contribution in [0.25, 0.3) is 0 Å². The number of carboxylic acids is 1. The van der Waals surface area contributed by atoms with Gasteiger partial charge in [0.05, 0.1) is 178 Å². The Bertz CT molecular complexity index is 847. The van der Waals surface area contributed by atoms with Gasteiger partial charge in [0.25, 0.3) is 0 Å². The molecule has 1 N–H and O–H groups in total. The summed E-state index contributed by atoms with van der Waals surface area (Å²) in [4.78, 5) is 43.8. The van der Waals surface area contributed by atoms with E-state index in [1.165, 1.54) is 0 Å². The highest BCUT2D eigenvalue weighted by Gasteiger charge is 2.14. The molecular weight excluding hydrogens is 712 g/mol. The van der Waals surface area contributed by atoms with E-state index in [0.717, 1.165) is 0 Å². The number of rotatable bonds is 44. The number of ether oxygens (including phenoxy) is 14. The zero-order valence-electron chi connectivity index (χ0n) is 31.3. The summed E-state index contributed by atoms with van der Waals surface area (Å²) in [6.45, 7) is 12.3. The van der Waals surface area contributed by atoms with Crippen LogP contribution in [-0.2, 0) is 85.5 Å². The van der Waals surface area contributed by atoms with E-state index in [1.54, 1.807) is 6.92 Å². The lowest BCUT2D eigenvalue weighted by Gasteiger charge is -2.09. The Morgan fingerprint density at radius 3 is 0.830 bits per heavy atom. The van der Waals surface area contributed by atoms with Crippen LogP contribution in [0.4, 0.5) is 0 Å². The molecule has 19 heteroatoms. The highest BCUT2D eigenvalue weighted by Crippen LogP contribution is 1.95. The third-order valence-corrected chi connectivity index (χ3v) is 6.13. The molecule has 0 amide bonds. The smallest absolute Gasteiger partial charge is 0.372 e. The Hall–Kier alpha value is -2.40. The van der Waals surface area contributed by atoms with Crippen LogP contribution in [0.2, 0.25) is 0 Å². The first-order valence-corrected chi connectivity index (χ1v) is 18.0. The van der Waals surface area contributed by atoms with Crippen LogP contribution in [0.1, 0.15) is 26.2 Å². The van der Waals surface area contributed by atoms with Crippen molar-refractivity contribution in [2.24, 2.45) is 0 Å². The van der Waals surface area contributed by atoms with Gasteiger partial charge in [0.1, 0.15) is 6.61 Å².